The average molecular weight is 241 g/mol. The number of aromatic nitrogens is 2. The van der Waals surface area contributed by atoms with Gasteiger partial charge in [-0.25, -0.2) is 9.97 Å². The molecule has 6 heteroatoms. The molecule has 0 saturated heterocycles. The number of hydrogen-bond acceptors (Lipinski definition) is 6. The molecule has 0 aromatic carbocycles. The molecule has 1 atom stereocenters. The molecule has 0 aliphatic heterocycles. The second kappa shape index (κ2) is 5.79. The standard InChI is InChI=1S/C11H19N3O3/c1-8(2)17-10-4-9(13-7-14-10)12-5-11(3,16)6-15/h4,7-8,15-16H,5-6H2,1-3H3,(H,12,13,14). The van der Waals surface area contributed by atoms with Crippen molar-refractivity contribution in [3.05, 3.63) is 12.4 Å². The molecule has 6 nitrogen and oxygen atoms in total. The highest BCUT2D eigenvalue weighted by atomic mass is 16.5. The smallest absolute Gasteiger partial charge is 0.218 e. The summed E-state index contributed by atoms with van der Waals surface area (Å²) >= 11 is 0. The van der Waals surface area contributed by atoms with Crippen molar-refractivity contribution in [2.45, 2.75) is 32.5 Å². The number of aliphatic hydroxyl groups excluding tert-OH is 1. The van der Waals surface area contributed by atoms with Crippen molar-refractivity contribution in [3.8, 4) is 5.88 Å². The van der Waals surface area contributed by atoms with Crippen molar-refractivity contribution < 1.29 is 14.9 Å². The third-order valence-electron chi connectivity index (χ3n) is 1.99. The van der Waals surface area contributed by atoms with Crippen LogP contribution < -0.4 is 10.1 Å². The summed E-state index contributed by atoms with van der Waals surface area (Å²) in [6.45, 7) is 5.23. The van der Waals surface area contributed by atoms with Gasteiger partial charge in [0.05, 0.1) is 12.7 Å². The van der Waals surface area contributed by atoms with Gasteiger partial charge in [0.25, 0.3) is 0 Å². The van der Waals surface area contributed by atoms with Crippen molar-refractivity contribution in [2.75, 3.05) is 18.5 Å². The molecule has 1 aromatic heterocycles. The largest absolute Gasteiger partial charge is 0.475 e. The van der Waals surface area contributed by atoms with E-state index < -0.39 is 5.60 Å². The SMILES string of the molecule is CC(C)Oc1cc(NCC(C)(O)CO)ncn1. The number of aliphatic hydroxyl groups is 2. The molecule has 0 saturated carbocycles. The first-order valence-electron chi connectivity index (χ1n) is 5.49. The molecule has 0 amide bonds. The lowest BCUT2D eigenvalue weighted by atomic mass is 10.1. The number of rotatable bonds is 6. The highest BCUT2D eigenvalue weighted by Gasteiger charge is 2.18. The summed E-state index contributed by atoms with van der Waals surface area (Å²) in [5.41, 5.74) is -1.18. The molecule has 0 aliphatic carbocycles. The molecule has 0 radical (unpaired) electrons. The van der Waals surface area contributed by atoms with Gasteiger partial charge in [0, 0.05) is 12.6 Å². The number of nitrogens with zero attached hydrogens (tertiary/aromatic N) is 2. The van der Waals surface area contributed by atoms with Gasteiger partial charge < -0.3 is 20.3 Å². The molecular weight excluding hydrogens is 222 g/mol. The van der Waals surface area contributed by atoms with E-state index in [1.807, 2.05) is 13.8 Å². The third-order valence-corrected chi connectivity index (χ3v) is 1.99. The maximum absolute atomic E-state index is 9.61. The molecule has 1 aromatic rings. The minimum atomic E-state index is -1.18. The molecule has 0 spiro atoms. The van der Waals surface area contributed by atoms with E-state index >= 15 is 0 Å². The Labute approximate surface area is 101 Å². The van der Waals surface area contributed by atoms with Crippen LogP contribution in [0.15, 0.2) is 12.4 Å². The van der Waals surface area contributed by atoms with E-state index in [-0.39, 0.29) is 19.3 Å². The molecule has 96 valence electrons. The molecule has 17 heavy (non-hydrogen) atoms. The maximum atomic E-state index is 9.61. The first-order valence-corrected chi connectivity index (χ1v) is 5.49. The first-order chi connectivity index (χ1) is 7.93. The van der Waals surface area contributed by atoms with Crippen LogP contribution in [-0.4, -0.2) is 45.0 Å². The van der Waals surface area contributed by atoms with Gasteiger partial charge in [0.2, 0.25) is 5.88 Å². The summed E-state index contributed by atoms with van der Waals surface area (Å²) in [7, 11) is 0. The van der Waals surface area contributed by atoms with Crippen molar-refractivity contribution in [1.82, 2.24) is 9.97 Å². The summed E-state index contributed by atoms with van der Waals surface area (Å²) in [6, 6.07) is 1.65. The van der Waals surface area contributed by atoms with E-state index in [2.05, 4.69) is 15.3 Å². The predicted octanol–water partition coefficient (Wildman–Crippen LogP) is 0.419. The van der Waals surface area contributed by atoms with Crippen LogP contribution in [0.25, 0.3) is 0 Å². The van der Waals surface area contributed by atoms with Crippen molar-refractivity contribution >= 4 is 5.82 Å². The van der Waals surface area contributed by atoms with Gasteiger partial charge in [-0.15, -0.1) is 0 Å². The van der Waals surface area contributed by atoms with Crippen molar-refractivity contribution in [1.29, 1.82) is 0 Å². The molecule has 0 aliphatic rings. The van der Waals surface area contributed by atoms with E-state index in [4.69, 9.17) is 9.84 Å². The highest BCUT2D eigenvalue weighted by molar-refractivity contribution is 5.37. The Morgan fingerprint density at radius 2 is 2.18 bits per heavy atom. The molecule has 0 bridgehead atoms. The third kappa shape index (κ3) is 4.97. The van der Waals surface area contributed by atoms with Gasteiger partial charge in [-0.3, -0.25) is 0 Å². The van der Waals surface area contributed by atoms with E-state index in [1.54, 1.807) is 6.07 Å². The normalized spacial score (nSPS) is 14.5. The van der Waals surface area contributed by atoms with Crippen LogP contribution in [0.1, 0.15) is 20.8 Å². The van der Waals surface area contributed by atoms with Crippen LogP contribution in [0, 0.1) is 0 Å². The van der Waals surface area contributed by atoms with Crippen LogP contribution >= 0.6 is 0 Å². The summed E-state index contributed by atoms with van der Waals surface area (Å²) < 4.78 is 5.41. The van der Waals surface area contributed by atoms with Crippen LogP contribution in [-0.2, 0) is 0 Å². The predicted molar refractivity (Wildman–Crippen MR) is 64.0 cm³/mol. The summed E-state index contributed by atoms with van der Waals surface area (Å²) in [4.78, 5) is 7.95. The van der Waals surface area contributed by atoms with Gasteiger partial charge >= 0.3 is 0 Å². The topological polar surface area (TPSA) is 87.5 Å². The summed E-state index contributed by atoms with van der Waals surface area (Å²) in [5, 5.41) is 21.4. The molecular formula is C11H19N3O3. The van der Waals surface area contributed by atoms with E-state index in [0.717, 1.165) is 0 Å². The molecule has 0 fully saturated rings. The minimum Gasteiger partial charge on any atom is -0.475 e. The zero-order valence-corrected chi connectivity index (χ0v) is 10.3. The Balaban J connectivity index is 2.60. The average Bonchev–Trinajstić information content (AvgIpc) is 2.26. The molecule has 1 unspecified atom stereocenters. The van der Waals surface area contributed by atoms with E-state index in [0.29, 0.717) is 11.7 Å². The fourth-order valence-corrected chi connectivity index (χ4v) is 1.08. The van der Waals surface area contributed by atoms with Gasteiger partial charge in [-0.2, -0.15) is 0 Å². The van der Waals surface area contributed by atoms with Gasteiger partial charge in [0.1, 0.15) is 17.7 Å². The second-order valence-corrected chi connectivity index (χ2v) is 4.42. The minimum absolute atomic E-state index is 0.0401. The molecule has 3 N–H and O–H groups in total. The fourth-order valence-electron chi connectivity index (χ4n) is 1.08. The van der Waals surface area contributed by atoms with Crippen LogP contribution in [0.5, 0.6) is 5.88 Å². The Kier molecular flexibility index (Phi) is 4.65. The zero-order valence-electron chi connectivity index (χ0n) is 10.3. The van der Waals surface area contributed by atoms with Gasteiger partial charge in [-0.05, 0) is 20.8 Å². The number of hydrogen-bond donors (Lipinski definition) is 3. The Morgan fingerprint density at radius 1 is 1.47 bits per heavy atom. The summed E-state index contributed by atoms with van der Waals surface area (Å²) in [5.74, 6) is 1.02. The quantitative estimate of drug-likeness (QED) is 0.669. The lowest BCUT2D eigenvalue weighted by Gasteiger charge is -2.21. The van der Waals surface area contributed by atoms with Crippen molar-refractivity contribution in [3.63, 3.8) is 0 Å². The Bertz CT molecular complexity index is 356. The van der Waals surface area contributed by atoms with Gasteiger partial charge in [-0.1, -0.05) is 0 Å². The fraction of sp³-hybridized carbons (Fsp3) is 0.636. The number of ether oxygens (including phenoxy) is 1. The number of anilines is 1. The maximum Gasteiger partial charge on any atom is 0.218 e. The lowest BCUT2D eigenvalue weighted by Crippen LogP contribution is -2.37. The highest BCUT2D eigenvalue weighted by Crippen LogP contribution is 2.13. The first kappa shape index (κ1) is 13.7. The van der Waals surface area contributed by atoms with Crippen LogP contribution in [0.4, 0.5) is 5.82 Å². The Hall–Kier alpha value is -1.40. The lowest BCUT2D eigenvalue weighted by molar-refractivity contribution is 0.0131. The molecule has 1 heterocycles. The van der Waals surface area contributed by atoms with E-state index in [9.17, 15) is 5.11 Å². The monoisotopic (exact) mass is 241 g/mol. The van der Waals surface area contributed by atoms with Gasteiger partial charge in [0.15, 0.2) is 0 Å². The number of nitrogens with one attached hydrogen (secondary N) is 1. The van der Waals surface area contributed by atoms with Crippen LogP contribution in [0.3, 0.4) is 0 Å². The summed E-state index contributed by atoms with van der Waals surface area (Å²) in [6.07, 6.45) is 1.42. The van der Waals surface area contributed by atoms with Crippen molar-refractivity contribution in [2.24, 2.45) is 0 Å². The zero-order chi connectivity index (χ0) is 12.9. The van der Waals surface area contributed by atoms with E-state index in [1.165, 1.54) is 13.3 Å². The molecule has 1 rings (SSSR count). The second-order valence-electron chi connectivity index (χ2n) is 4.42. The Morgan fingerprint density at radius 3 is 2.76 bits per heavy atom. The van der Waals surface area contributed by atoms with Crippen LogP contribution in [0.2, 0.25) is 0 Å².